The SMILES string of the molecule is C=C(NC1CC2CCC1CC2)/C(F)=C\N=C(/C)c1n[nH]c2nccnc12. The van der Waals surface area contributed by atoms with Crippen molar-refractivity contribution in [3.8, 4) is 0 Å². The maximum atomic E-state index is 14.4. The minimum atomic E-state index is -0.447. The van der Waals surface area contributed by atoms with Gasteiger partial charge in [-0.05, 0) is 38.0 Å². The second-order valence-electron chi connectivity index (χ2n) is 7.26. The quantitative estimate of drug-likeness (QED) is 0.634. The number of aromatic amines is 1. The maximum Gasteiger partial charge on any atom is 0.174 e. The first-order valence-electron chi connectivity index (χ1n) is 9.13. The first-order chi connectivity index (χ1) is 12.6. The molecule has 0 aliphatic heterocycles. The number of aliphatic imine (C=N–C) groups is 1. The second kappa shape index (κ2) is 6.97. The molecule has 136 valence electrons. The Balaban J connectivity index is 1.45. The van der Waals surface area contributed by atoms with Crippen LogP contribution in [0.15, 0.2) is 41.7 Å². The summed E-state index contributed by atoms with van der Waals surface area (Å²) in [7, 11) is 0. The van der Waals surface area contributed by atoms with Crippen molar-refractivity contribution in [1.82, 2.24) is 25.5 Å². The van der Waals surface area contributed by atoms with Crippen molar-refractivity contribution in [2.75, 3.05) is 0 Å². The monoisotopic (exact) mass is 354 g/mol. The molecule has 2 aromatic rings. The van der Waals surface area contributed by atoms with Crippen LogP contribution in [0.5, 0.6) is 0 Å². The van der Waals surface area contributed by atoms with E-state index >= 15 is 0 Å². The maximum absolute atomic E-state index is 14.4. The lowest BCUT2D eigenvalue weighted by Crippen LogP contribution is -2.44. The van der Waals surface area contributed by atoms with Crippen molar-refractivity contribution in [2.24, 2.45) is 16.8 Å². The van der Waals surface area contributed by atoms with E-state index in [4.69, 9.17) is 0 Å². The van der Waals surface area contributed by atoms with Gasteiger partial charge in [-0.25, -0.2) is 14.4 Å². The van der Waals surface area contributed by atoms with Crippen LogP contribution in [0.25, 0.3) is 11.2 Å². The van der Waals surface area contributed by atoms with E-state index in [2.05, 4.69) is 37.1 Å². The summed E-state index contributed by atoms with van der Waals surface area (Å²) in [5.74, 6) is 0.979. The van der Waals surface area contributed by atoms with E-state index in [9.17, 15) is 4.39 Å². The molecule has 26 heavy (non-hydrogen) atoms. The van der Waals surface area contributed by atoms with Crippen LogP contribution in [0, 0.1) is 11.8 Å². The lowest BCUT2D eigenvalue weighted by Gasteiger charge is -2.43. The molecule has 1 unspecified atom stereocenters. The topological polar surface area (TPSA) is 78.9 Å². The number of aromatic nitrogens is 4. The average Bonchev–Trinajstić information content (AvgIpc) is 3.11. The molecule has 3 saturated carbocycles. The van der Waals surface area contributed by atoms with Gasteiger partial charge in [0.05, 0.1) is 17.6 Å². The summed E-state index contributed by atoms with van der Waals surface area (Å²) < 4.78 is 14.4. The smallest absolute Gasteiger partial charge is 0.174 e. The summed E-state index contributed by atoms with van der Waals surface area (Å²) in [5.41, 5.74) is 2.65. The Bertz CT molecular complexity index is 875. The number of hydrogen-bond donors (Lipinski definition) is 2. The van der Waals surface area contributed by atoms with E-state index in [1.807, 2.05) is 0 Å². The molecule has 7 heteroatoms. The Labute approximate surface area is 151 Å². The molecule has 0 amide bonds. The molecule has 2 heterocycles. The molecule has 0 aromatic carbocycles. The molecule has 0 spiro atoms. The lowest BCUT2D eigenvalue weighted by molar-refractivity contribution is 0.130. The van der Waals surface area contributed by atoms with Crippen LogP contribution >= 0.6 is 0 Å². The number of halogens is 1. The fraction of sp³-hybridized carbons (Fsp3) is 0.474. The van der Waals surface area contributed by atoms with E-state index in [1.165, 1.54) is 31.9 Å². The van der Waals surface area contributed by atoms with Gasteiger partial charge >= 0.3 is 0 Å². The number of hydrogen-bond acceptors (Lipinski definition) is 5. The highest BCUT2D eigenvalue weighted by Crippen LogP contribution is 2.41. The molecule has 2 aromatic heterocycles. The minimum absolute atomic E-state index is 0.311. The normalized spacial score (nSPS) is 26.3. The highest BCUT2D eigenvalue weighted by Gasteiger charge is 2.35. The Morgan fingerprint density at radius 2 is 2.08 bits per heavy atom. The van der Waals surface area contributed by atoms with Crippen molar-refractivity contribution in [1.29, 1.82) is 0 Å². The zero-order valence-corrected chi connectivity index (χ0v) is 14.9. The van der Waals surface area contributed by atoms with E-state index < -0.39 is 5.83 Å². The van der Waals surface area contributed by atoms with Crippen molar-refractivity contribution >= 4 is 16.9 Å². The van der Waals surface area contributed by atoms with Gasteiger partial charge < -0.3 is 5.32 Å². The fourth-order valence-corrected chi connectivity index (χ4v) is 4.15. The molecule has 5 rings (SSSR count). The fourth-order valence-electron chi connectivity index (χ4n) is 4.15. The molecule has 3 aliphatic rings. The van der Waals surface area contributed by atoms with E-state index in [0.717, 1.165) is 12.3 Å². The number of fused-ring (bicyclic) bond motifs is 4. The van der Waals surface area contributed by atoms with Gasteiger partial charge in [-0.15, -0.1) is 0 Å². The second-order valence-corrected chi connectivity index (χ2v) is 7.26. The van der Waals surface area contributed by atoms with Crippen molar-refractivity contribution < 1.29 is 4.39 Å². The molecular formula is C19H23FN6. The summed E-state index contributed by atoms with van der Waals surface area (Å²) in [6, 6.07) is 0.338. The summed E-state index contributed by atoms with van der Waals surface area (Å²) in [5, 5.41) is 10.3. The van der Waals surface area contributed by atoms with Gasteiger partial charge in [0.2, 0.25) is 0 Å². The van der Waals surface area contributed by atoms with Gasteiger partial charge in [-0.2, -0.15) is 5.10 Å². The predicted octanol–water partition coefficient (Wildman–Crippen LogP) is 3.65. The van der Waals surface area contributed by atoms with Crippen molar-refractivity contribution in [3.05, 3.63) is 42.4 Å². The highest BCUT2D eigenvalue weighted by atomic mass is 19.1. The van der Waals surface area contributed by atoms with Crippen LogP contribution < -0.4 is 5.32 Å². The summed E-state index contributed by atoms with van der Waals surface area (Å²) in [6.07, 6.45) is 10.6. The first-order valence-corrected chi connectivity index (χ1v) is 9.13. The third-order valence-corrected chi connectivity index (χ3v) is 5.61. The number of allylic oxidation sites excluding steroid dienone is 1. The third kappa shape index (κ3) is 3.25. The van der Waals surface area contributed by atoms with Crippen LogP contribution in [0.1, 0.15) is 44.7 Å². The number of nitrogens with zero attached hydrogens (tertiary/aromatic N) is 4. The van der Waals surface area contributed by atoms with Crippen molar-refractivity contribution in [2.45, 2.75) is 45.1 Å². The molecule has 2 N–H and O–H groups in total. The number of H-pyrrole nitrogens is 1. The molecule has 3 fully saturated rings. The van der Waals surface area contributed by atoms with Gasteiger partial charge in [0, 0.05) is 18.4 Å². The summed E-state index contributed by atoms with van der Waals surface area (Å²) >= 11 is 0. The predicted molar refractivity (Wildman–Crippen MR) is 99.2 cm³/mol. The van der Waals surface area contributed by atoms with E-state index in [1.54, 1.807) is 19.3 Å². The zero-order valence-electron chi connectivity index (χ0n) is 14.9. The Morgan fingerprint density at radius 3 is 2.81 bits per heavy atom. The minimum Gasteiger partial charge on any atom is -0.380 e. The van der Waals surface area contributed by atoms with E-state index in [-0.39, 0.29) is 0 Å². The van der Waals surface area contributed by atoms with Crippen LogP contribution in [-0.2, 0) is 0 Å². The molecule has 0 saturated heterocycles. The number of nitrogens with one attached hydrogen (secondary N) is 2. The molecule has 1 atom stereocenters. The van der Waals surface area contributed by atoms with Crippen molar-refractivity contribution in [3.63, 3.8) is 0 Å². The van der Waals surface area contributed by atoms with Gasteiger partial charge in [0.25, 0.3) is 0 Å². The van der Waals surface area contributed by atoms with Gasteiger partial charge in [0.1, 0.15) is 11.2 Å². The number of rotatable bonds is 5. The van der Waals surface area contributed by atoms with Crippen LogP contribution in [0.4, 0.5) is 4.39 Å². The molecular weight excluding hydrogens is 331 g/mol. The van der Waals surface area contributed by atoms with E-state index in [0.29, 0.717) is 40.2 Å². The van der Waals surface area contributed by atoms with Crippen LogP contribution in [-0.4, -0.2) is 31.9 Å². The zero-order chi connectivity index (χ0) is 18.1. The summed E-state index contributed by atoms with van der Waals surface area (Å²) in [6.45, 7) is 5.62. The largest absolute Gasteiger partial charge is 0.380 e. The lowest BCUT2D eigenvalue weighted by atomic mass is 9.68. The first kappa shape index (κ1) is 16.9. The Morgan fingerprint density at radius 1 is 1.31 bits per heavy atom. The highest BCUT2D eigenvalue weighted by molar-refractivity contribution is 6.05. The molecule has 3 aliphatic carbocycles. The molecule has 2 bridgehead atoms. The third-order valence-electron chi connectivity index (χ3n) is 5.61. The van der Waals surface area contributed by atoms with Gasteiger partial charge in [0.15, 0.2) is 11.5 Å². The van der Waals surface area contributed by atoms with Crippen LogP contribution in [0.2, 0.25) is 0 Å². The molecule has 6 nitrogen and oxygen atoms in total. The Kier molecular flexibility index (Phi) is 4.53. The summed E-state index contributed by atoms with van der Waals surface area (Å²) in [4.78, 5) is 12.6. The van der Waals surface area contributed by atoms with Gasteiger partial charge in [-0.3, -0.25) is 10.1 Å². The average molecular weight is 354 g/mol. The molecule has 0 radical (unpaired) electrons. The standard InChI is InChI=1S/C19H23FN6/c1-11(24-16-9-13-3-5-14(16)6-4-13)15(20)10-23-12(2)17-18-19(26-25-17)22-8-7-21-18/h7-8,10,13-14,16,24H,1,3-6,9H2,2H3,(H,22,25,26)/b15-10+,23-12+. The van der Waals surface area contributed by atoms with Gasteiger partial charge in [-0.1, -0.05) is 19.4 Å². The van der Waals surface area contributed by atoms with Crippen LogP contribution in [0.3, 0.4) is 0 Å². The Hall–Kier alpha value is -2.57.